The van der Waals surface area contributed by atoms with Gasteiger partial charge in [-0.05, 0) is 103 Å². The Balaban J connectivity index is 1.15. The average Bonchev–Trinajstić information content (AvgIpc) is 3.60. The molecule has 1 heteroatoms. The second kappa shape index (κ2) is 8.36. The summed E-state index contributed by atoms with van der Waals surface area (Å²) >= 11 is 0. The van der Waals surface area contributed by atoms with Crippen molar-refractivity contribution in [2.24, 2.45) is 0 Å². The summed E-state index contributed by atoms with van der Waals surface area (Å²) in [6.07, 6.45) is 0. The van der Waals surface area contributed by atoms with Crippen LogP contribution in [0, 0.1) is 0 Å². The van der Waals surface area contributed by atoms with Crippen LogP contribution in [0.1, 0.15) is 49.9 Å². The molecule has 2 aliphatic rings. The van der Waals surface area contributed by atoms with Gasteiger partial charge in [-0.25, -0.2) is 0 Å². The monoisotopic (exact) mass is 551 g/mol. The molecule has 0 fully saturated rings. The highest BCUT2D eigenvalue weighted by atomic mass is 14.7. The van der Waals surface area contributed by atoms with Crippen molar-refractivity contribution in [3.63, 3.8) is 0 Å². The molecule has 0 amide bonds. The summed E-state index contributed by atoms with van der Waals surface area (Å²) < 4.78 is 0. The van der Waals surface area contributed by atoms with Crippen molar-refractivity contribution in [1.29, 1.82) is 0 Å². The van der Waals surface area contributed by atoms with Gasteiger partial charge in [0.2, 0.25) is 0 Å². The number of nitrogens with one attached hydrogen (secondary N) is 1. The molecule has 1 heterocycles. The highest BCUT2D eigenvalue weighted by Gasteiger charge is 2.36. The molecule has 1 nitrogen and oxygen atoms in total. The topological polar surface area (TPSA) is 15.8 Å². The summed E-state index contributed by atoms with van der Waals surface area (Å²) in [5.41, 5.74) is 18.5. The number of aromatic amines is 1. The van der Waals surface area contributed by atoms with Gasteiger partial charge >= 0.3 is 0 Å². The lowest BCUT2D eigenvalue weighted by Gasteiger charge is -2.22. The second-order valence-corrected chi connectivity index (χ2v) is 13.5. The van der Waals surface area contributed by atoms with Crippen LogP contribution in [0.2, 0.25) is 0 Å². The summed E-state index contributed by atoms with van der Waals surface area (Å²) in [5.74, 6) is 0. The molecule has 2 aliphatic carbocycles. The predicted octanol–water partition coefficient (Wildman–Crippen LogP) is 11.3. The molecule has 0 unspecified atom stereocenters. The fraction of sp³-hybridized carbons (Fsp3) is 0.143. The Bertz CT molecular complexity index is 2130. The van der Waals surface area contributed by atoms with Crippen molar-refractivity contribution in [1.82, 2.24) is 4.98 Å². The molecule has 1 aromatic heterocycles. The Kier molecular flexibility index (Phi) is 4.80. The summed E-state index contributed by atoms with van der Waals surface area (Å²) in [7, 11) is 0. The molecule has 0 radical (unpaired) electrons. The maximum atomic E-state index is 3.67. The molecule has 0 saturated heterocycles. The lowest BCUT2D eigenvalue weighted by Crippen LogP contribution is -2.14. The van der Waals surface area contributed by atoms with Crippen molar-refractivity contribution in [2.45, 2.75) is 38.5 Å². The Hall–Kier alpha value is -4.88. The second-order valence-electron chi connectivity index (χ2n) is 13.5. The molecule has 1 N–H and O–H groups in total. The molecule has 0 aliphatic heterocycles. The molecule has 0 saturated carbocycles. The van der Waals surface area contributed by atoms with Crippen LogP contribution in [0.5, 0.6) is 0 Å². The van der Waals surface area contributed by atoms with E-state index < -0.39 is 0 Å². The minimum atomic E-state index is -0.00643. The Morgan fingerprint density at radius 3 is 1.21 bits per heavy atom. The molecule has 206 valence electrons. The largest absolute Gasteiger partial charge is 0.355 e. The molecule has 0 bridgehead atoms. The van der Waals surface area contributed by atoms with E-state index >= 15 is 0 Å². The van der Waals surface area contributed by atoms with Gasteiger partial charge in [-0.15, -0.1) is 0 Å². The van der Waals surface area contributed by atoms with E-state index in [0.29, 0.717) is 0 Å². The Morgan fingerprint density at radius 1 is 0.372 bits per heavy atom. The fourth-order valence-corrected chi connectivity index (χ4v) is 8.02. The third-order valence-corrected chi connectivity index (χ3v) is 10.4. The van der Waals surface area contributed by atoms with Crippen LogP contribution in [0.15, 0.2) is 121 Å². The van der Waals surface area contributed by atoms with E-state index in [9.17, 15) is 0 Å². The van der Waals surface area contributed by atoms with Gasteiger partial charge in [-0.3, -0.25) is 0 Å². The first-order valence-corrected chi connectivity index (χ1v) is 15.4. The van der Waals surface area contributed by atoms with E-state index in [1.165, 1.54) is 88.6 Å². The van der Waals surface area contributed by atoms with E-state index in [4.69, 9.17) is 0 Å². The number of benzene rings is 6. The minimum Gasteiger partial charge on any atom is -0.355 e. The summed E-state index contributed by atoms with van der Waals surface area (Å²) in [5, 5.41) is 2.54. The fourth-order valence-electron chi connectivity index (χ4n) is 8.02. The van der Waals surface area contributed by atoms with E-state index in [2.05, 4.69) is 154 Å². The number of hydrogen-bond donors (Lipinski definition) is 1. The molecule has 7 aromatic rings. The van der Waals surface area contributed by atoms with Crippen LogP contribution in [0.3, 0.4) is 0 Å². The SMILES string of the molecule is CC1(C)c2ccccc2-c2ccc(-c3ccc4[nH]c5ccc(-c6ccc7c(c6)C(C)(C)c6ccccc6-7)cc5c4c3)cc21. The number of H-pyrrole nitrogens is 1. The first-order chi connectivity index (χ1) is 20.8. The standard InChI is InChI=1S/C42H33N/c1-41(2)35-11-7-5-9-29(35)31-17-13-27(23-37(31)41)25-15-19-39-33(21-25)34-22-26(16-20-40(34)43-39)28-14-18-32-30-10-6-8-12-36(30)42(3,4)38(32)24-28/h5-24,43H,1-4H3. The van der Waals surface area contributed by atoms with Crippen LogP contribution in [-0.2, 0) is 10.8 Å². The molecular formula is C42H33N. The molecule has 0 spiro atoms. The predicted molar refractivity (Wildman–Crippen MR) is 182 cm³/mol. The zero-order valence-electron chi connectivity index (χ0n) is 25.0. The first kappa shape index (κ1) is 24.7. The van der Waals surface area contributed by atoms with Crippen LogP contribution in [-0.4, -0.2) is 4.98 Å². The summed E-state index contributed by atoms with van der Waals surface area (Å²) in [4.78, 5) is 3.67. The highest BCUT2D eigenvalue weighted by Crippen LogP contribution is 2.51. The summed E-state index contributed by atoms with van der Waals surface area (Å²) in [6, 6.07) is 45.5. The summed E-state index contributed by atoms with van der Waals surface area (Å²) in [6.45, 7) is 9.41. The van der Waals surface area contributed by atoms with Gasteiger partial charge in [0.1, 0.15) is 0 Å². The molecule has 9 rings (SSSR count). The van der Waals surface area contributed by atoms with E-state index in [1.807, 2.05) is 0 Å². The van der Waals surface area contributed by atoms with Crippen molar-refractivity contribution in [3.8, 4) is 44.5 Å². The molecule has 43 heavy (non-hydrogen) atoms. The molecule has 6 aromatic carbocycles. The van der Waals surface area contributed by atoms with Gasteiger partial charge in [0, 0.05) is 32.6 Å². The van der Waals surface area contributed by atoms with Gasteiger partial charge in [-0.1, -0.05) is 113 Å². The molecular weight excluding hydrogens is 518 g/mol. The zero-order valence-corrected chi connectivity index (χ0v) is 25.0. The number of fused-ring (bicyclic) bond motifs is 9. The van der Waals surface area contributed by atoms with E-state index in [1.54, 1.807) is 0 Å². The maximum Gasteiger partial charge on any atom is 0.0465 e. The van der Waals surface area contributed by atoms with E-state index in [0.717, 1.165) is 0 Å². The van der Waals surface area contributed by atoms with Gasteiger partial charge in [0.25, 0.3) is 0 Å². The lowest BCUT2D eigenvalue weighted by atomic mass is 9.81. The zero-order chi connectivity index (χ0) is 29.1. The van der Waals surface area contributed by atoms with Crippen molar-refractivity contribution < 1.29 is 0 Å². The highest BCUT2D eigenvalue weighted by molar-refractivity contribution is 6.10. The van der Waals surface area contributed by atoms with Crippen LogP contribution >= 0.6 is 0 Å². The molecule has 0 atom stereocenters. The Morgan fingerprint density at radius 2 is 0.744 bits per heavy atom. The quantitative estimate of drug-likeness (QED) is 0.220. The van der Waals surface area contributed by atoms with Crippen LogP contribution in [0.4, 0.5) is 0 Å². The normalized spacial score (nSPS) is 15.3. The van der Waals surface area contributed by atoms with Crippen molar-refractivity contribution in [2.75, 3.05) is 0 Å². The van der Waals surface area contributed by atoms with E-state index in [-0.39, 0.29) is 10.8 Å². The number of aromatic nitrogens is 1. The number of hydrogen-bond acceptors (Lipinski definition) is 0. The van der Waals surface area contributed by atoms with Crippen LogP contribution in [0.25, 0.3) is 66.3 Å². The minimum absolute atomic E-state index is 0.00643. The third-order valence-electron chi connectivity index (χ3n) is 10.4. The van der Waals surface area contributed by atoms with Gasteiger partial charge in [-0.2, -0.15) is 0 Å². The maximum absolute atomic E-state index is 3.67. The average molecular weight is 552 g/mol. The van der Waals surface area contributed by atoms with Gasteiger partial charge < -0.3 is 4.98 Å². The Labute approximate surface area is 252 Å². The smallest absolute Gasteiger partial charge is 0.0465 e. The van der Waals surface area contributed by atoms with Crippen molar-refractivity contribution >= 4 is 21.8 Å². The van der Waals surface area contributed by atoms with Crippen molar-refractivity contribution in [3.05, 3.63) is 144 Å². The van der Waals surface area contributed by atoms with Crippen LogP contribution < -0.4 is 0 Å². The van der Waals surface area contributed by atoms with Gasteiger partial charge in [0.15, 0.2) is 0 Å². The van der Waals surface area contributed by atoms with Gasteiger partial charge in [0.05, 0.1) is 0 Å². The first-order valence-electron chi connectivity index (χ1n) is 15.4. The lowest BCUT2D eigenvalue weighted by molar-refractivity contribution is 0.660. The number of rotatable bonds is 2. The third kappa shape index (κ3) is 3.34.